The molecule has 20 heavy (non-hydrogen) atoms. The Hall–Kier alpha value is -1.70. The minimum atomic E-state index is -0.592. The van der Waals surface area contributed by atoms with E-state index in [-0.39, 0.29) is 0 Å². The molecule has 2 rings (SSSR count). The molecule has 0 unspecified atom stereocenters. The first-order valence-corrected chi connectivity index (χ1v) is 7.57. The normalized spacial score (nSPS) is 10.5. The first kappa shape index (κ1) is 14.7. The van der Waals surface area contributed by atoms with Gasteiger partial charge in [0.25, 0.3) is 11.5 Å². The Bertz CT molecular complexity index is 747. The van der Waals surface area contributed by atoms with E-state index in [2.05, 4.69) is 22.6 Å². The van der Waals surface area contributed by atoms with Crippen LogP contribution in [0.1, 0.15) is 15.9 Å². The molecule has 0 atom stereocenters. The number of alkyl halides is 1. The topological polar surface area (TPSA) is 61.1 Å². The van der Waals surface area contributed by atoms with Gasteiger partial charge in [-0.3, -0.25) is 14.2 Å². The number of benzene rings is 1. The number of aromatic nitrogens is 2. The van der Waals surface area contributed by atoms with Gasteiger partial charge in [-0.1, -0.05) is 40.8 Å². The SMILES string of the molecule is Cc1cn(CCI)c(=O)n(C(=O)c2ccccc2)c1=O. The van der Waals surface area contributed by atoms with E-state index in [0.29, 0.717) is 22.2 Å². The van der Waals surface area contributed by atoms with Crippen LogP contribution < -0.4 is 11.2 Å². The van der Waals surface area contributed by atoms with E-state index in [9.17, 15) is 14.4 Å². The fraction of sp³-hybridized carbons (Fsp3) is 0.214. The molecule has 0 aliphatic rings. The van der Waals surface area contributed by atoms with Crippen molar-refractivity contribution in [1.29, 1.82) is 0 Å². The lowest BCUT2D eigenvalue weighted by Gasteiger charge is -2.09. The van der Waals surface area contributed by atoms with Gasteiger partial charge in [-0.2, -0.15) is 4.57 Å². The number of carbonyl (C=O) groups excluding carboxylic acids is 1. The van der Waals surface area contributed by atoms with Gasteiger partial charge in [0, 0.05) is 28.3 Å². The summed E-state index contributed by atoms with van der Waals surface area (Å²) in [5, 5.41) is 0. The average molecular weight is 384 g/mol. The van der Waals surface area contributed by atoms with Crippen LogP contribution in [0.25, 0.3) is 0 Å². The number of hydrogen-bond donors (Lipinski definition) is 0. The Kier molecular flexibility index (Phi) is 4.53. The highest BCUT2D eigenvalue weighted by molar-refractivity contribution is 14.1. The summed E-state index contributed by atoms with van der Waals surface area (Å²) in [5.41, 5.74) is -0.461. The highest BCUT2D eigenvalue weighted by atomic mass is 127. The average Bonchev–Trinajstić information content (AvgIpc) is 2.46. The zero-order chi connectivity index (χ0) is 14.7. The Balaban J connectivity index is 2.65. The molecule has 1 heterocycles. The minimum absolute atomic E-state index is 0.318. The maximum absolute atomic E-state index is 12.3. The van der Waals surface area contributed by atoms with Crippen LogP contribution in [-0.2, 0) is 6.54 Å². The van der Waals surface area contributed by atoms with E-state index in [1.54, 1.807) is 37.3 Å². The number of aryl methyl sites for hydroxylation is 2. The Labute approximate surface area is 129 Å². The van der Waals surface area contributed by atoms with Crippen LogP contribution in [0.5, 0.6) is 0 Å². The van der Waals surface area contributed by atoms with Crippen molar-refractivity contribution in [2.24, 2.45) is 0 Å². The number of hydrogen-bond acceptors (Lipinski definition) is 3. The quantitative estimate of drug-likeness (QED) is 0.595. The van der Waals surface area contributed by atoms with Crippen LogP contribution in [0.4, 0.5) is 0 Å². The van der Waals surface area contributed by atoms with Crippen molar-refractivity contribution in [1.82, 2.24) is 9.13 Å². The zero-order valence-corrected chi connectivity index (χ0v) is 13.0. The Morgan fingerprint density at radius 3 is 2.45 bits per heavy atom. The molecule has 0 radical (unpaired) electrons. The molecule has 1 aromatic heterocycles. The molecule has 0 fully saturated rings. The largest absolute Gasteiger partial charge is 0.338 e. The van der Waals surface area contributed by atoms with Crippen molar-refractivity contribution in [3.8, 4) is 0 Å². The first-order chi connectivity index (χ1) is 9.56. The summed E-state index contributed by atoms with van der Waals surface area (Å²) < 4.78 is 2.82. The molecule has 6 heteroatoms. The predicted octanol–water partition coefficient (Wildman–Crippen LogP) is 1.44. The summed E-state index contributed by atoms with van der Waals surface area (Å²) in [5.74, 6) is -0.591. The maximum atomic E-state index is 12.3. The first-order valence-electron chi connectivity index (χ1n) is 6.05. The molecular formula is C14H13IN2O3. The van der Waals surface area contributed by atoms with E-state index >= 15 is 0 Å². The molecule has 0 bridgehead atoms. The standard InChI is InChI=1S/C14H13IN2O3/c1-10-9-16(8-7-15)14(20)17(12(10)18)13(19)11-5-3-2-4-6-11/h2-6,9H,7-8H2,1H3. The van der Waals surface area contributed by atoms with Gasteiger partial charge < -0.3 is 0 Å². The number of rotatable bonds is 3. The summed E-state index contributed by atoms with van der Waals surface area (Å²) in [6, 6.07) is 8.32. The lowest BCUT2D eigenvalue weighted by molar-refractivity contribution is 0.0948. The van der Waals surface area contributed by atoms with Crippen molar-refractivity contribution in [3.63, 3.8) is 0 Å². The van der Waals surface area contributed by atoms with Crippen LogP contribution in [0.2, 0.25) is 0 Å². The molecule has 0 saturated heterocycles. The third-order valence-electron chi connectivity index (χ3n) is 2.88. The van der Waals surface area contributed by atoms with Crippen LogP contribution in [-0.4, -0.2) is 19.5 Å². The highest BCUT2D eigenvalue weighted by Gasteiger charge is 2.16. The van der Waals surface area contributed by atoms with E-state index in [4.69, 9.17) is 0 Å². The minimum Gasteiger partial charge on any atom is -0.299 e. The maximum Gasteiger partial charge on any atom is 0.338 e. The van der Waals surface area contributed by atoms with E-state index in [0.717, 1.165) is 4.43 Å². The fourth-order valence-corrected chi connectivity index (χ4v) is 2.40. The summed E-state index contributed by atoms with van der Waals surface area (Å²) in [4.78, 5) is 36.7. The molecule has 1 aromatic carbocycles. The Morgan fingerprint density at radius 1 is 1.20 bits per heavy atom. The van der Waals surface area contributed by atoms with Crippen LogP contribution in [0.3, 0.4) is 0 Å². The van der Waals surface area contributed by atoms with Gasteiger partial charge in [0.15, 0.2) is 0 Å². The summed E-state index contributed by atoms with van der Waals surface area (Å²) in [6.45, 7) is 2.06. The molecular weight excluding hydrogens is 371 g/mol. The van der Waals surface area contributed by atoms with E-state index < -0.39 is 17.2 Å². The molecule has 0 spiro atoms. The second-order valence-corrected chi connectivity index (χ2v) is 5.37. The van der Waals surface area contributed by atoms with Gasteiger partial charge in [-0.25, -0.2) is 4.79 Å². The van der Waals surface area contributed by atoms with Crippen LogP contribution >= 0.6 is 22.6 Å². The molecule has 104 valence electrons. The summed E-state index contributed by atoms with van der Waals surface area (Å²) in [6.07, 6.45) is 1.50. The summed E-state index contributed by atoms with van der Waals surface area (Å²) in [7, 11) is 0. The van der Waals surface area contributed by atoms with Crippen molar-refractivity contribution in [2.75, 3.05) is 4.43 Å². The van der Waals surface area contributed by atoms with Gasteiger partial charge in [0.05, 0.1) is 0 Å². The van der Waals surface area contributed by atoms with Gasteiger partial charge in [-0.05, 0) is 19.1 Å². The van der Waals surface area contributed by atoms with Gasteiger partial charge >= 0.3 is 5.69 Å². The molecule has 0 saturated carbocycles. The van der Waals surface area contributed by atoms with Gasteiger partial charge in [0.2, 0.25) is 0 Å². The molecule has 0 amide bonds. The third kappa shape index (κ3) is 2.74. The summed E-state index contributed by atoms with van der Waals surface area (Å²) >= 11 is 2.14. The smallest absolute Gasteiger partial charge is 0.299 e. The van der Waals surface area contributed by atoms with Crippen molar-refractivity contribution >= 4 is 28.5 Å². The van der Waals surface area contributed by atoms with Crippen molar-refractivity contribution < 1.29 is 4.79 Å². The second-order valence-electron chi connectivity index (χ2n) is 4.29. The molecule has 2 aromatic rings. The number of carbonyl (C=O) groups is 1. The molecule has 5 nitrogen and oxygen atoms in total. The van der Waals surface area contributed by atoms with Crippen molar-refractivity contribution in [3.05, 3.63) is 68.5 Å². The predicted molar refractivity (Wildman–Crippen MR) is 84.8 cm³/mol. The van der Waals surface area contributed by atoms with Gasteiger partial charge in [-0.15, -0.1) is 0 Å². The second kappa shape index (κ2) is 6.17. The van der Waals surface area contributed by atoms with E-state index in [1.807, 2.05) is 0 Å². The van der Waals surface area contributed by atoms with E-state index in [1.165, 1.54) is 10.8 Å². The lowest BCUT2D eigenvalue weighted by atomic mass is 10.2. The highest BCUT2D eigenvalue weighted by Crippen LogP contribution is 2.00. The monoisotopic (exact) mass is 384 g/mol. The third-order valence-corrected chi connectivity index (χ3v) is 3.36. The lowest BCUT2D eigenvalue weighted by Crippen LogP contribution is -2.44. The van der Waals surface area contributed by atoms with Crippen LogP contribution in [0, 0.1) is 6.92 Å². The molecule has 0 aliphatic heterocycles. The van der Waals surface area contributed by atoms with Gasteiger partial charge in [0.1, 0.15) is 0 Å². The number of halogens is 1. The molecule has 0 aliphatic carbocycles. The van der Waals surface area contributed by atoms with Crippen molar-refractivity contribution in [2.45, 2.75) is 13.5 Å². The fourth-order valence-electron chi connectivity index (χ4n) is 1.88. The zero-order valence-electron chi connectivity index (χ0n) is 10.9. The number of nitrogens with zero attached hydrogens (tertiary/aromatic N) is 2. The Morgan fingerprint density at radius 2 is 1.85 bits per heavy atom. The van der Waals surface area contributed by atoms with Crippen LogP contribution in [0.15, 0.2) is 46.1 Å². The molecule has 0 N–H and O–H groups in total.